The van der Waals surface area contributed by atoms with Gasteiger partial charge in [-0.3, -0.25) is 19.9 Å². The number of hydrogen-bond acceptors (Lipinski definition) is 16. The molecule has 0 aliphatic heterocycles. The molecule has 0 fully saturated rings. The van der Waals surface area contributed by atoms with Crippen LogP contribution < -0.4 is 0 Å². The van der Waals surface area contributed by atoms with E-state index in [0.29, 0.717) is 16.7 Å². The van der Waals surface area contributed by atoms with Crippen molar-refractivity contribution in [2.24, 2.45) is 0 Å². The van der Waals surface area contributed by atoms with E-state index in [1.807, 2.05) is 337 Å². The summed E-state index contributed by atoms with van der Waals surface area (Å²) in [7, 11) is 0. The van der Waals surface area contributed by atoms with Gasteiger partial charge in [0.05, 0.1) is 44.4 Å². The molecule has 16 nitrogen and oxygen atoms in total. The molecule has 0 saturated carbocycles. The fraction of sp³-hybridized carbons (Fsp3) is 0.0442. The molecule has 0 atom stereocenters. The van der Waals surface area contributed by atoms with Crippen LogP contribution in [0.4, 0.5) is 0 Å². The normalized spacial score (nSPS) is 10.8. The van der Waals surface area contributed by atoms with Crippen LogP contribution in [0.3, 0.4) is 0 Å². The molecule has 0 N–H and O–H groups in total. The van der Waals surface area contributed by atoms with Gasteiger partial charge in [-0.1, -0.05) is 119 Å². The Morgan fingerprint density at radius 3 is 0.767 bits per heavy atom. The minimum atomic E-state index is -2.25. The van der Waals surface area contributed by atoms with Crippen LogP contribution in [0.15, 0.2) is 401 Å². The van der Waals surface area contributed by atoms with Gasteiger partial charge in [0.2, 0.25) is 0 Å². The molecule has 0 saturated heterocycles. The molecule has 0 spiro atoms. The van der Waals surface area contributed by atoms with Gasteiger partial charge < -0.3 is 57.5 Å². The fourth-order valence-electron chi connectivity index (χ4n) is 13.9. The molecule has 24 rings (SSSR count). The summed E-state index contributed by atoms with van der Waals surface area (Å²) in [6.07, 6.45) is 16.1. The van der Waals surface area contributed by atoms with Crippen molar-refractivity contribution in [1.29, 1.82) is 0 Å². The zero-order valence-corrected chi connectivity index (χ0v) is 81.3. The maximum absolute atomic E-state index is 7.51. The third kappa shape index (κ3) is 23.9. The largest absolute Gasteiger partial charge is 0.499 e. The van der Waals surface area contributed by atoms with Crippen molar-refractivity contribution in [3.8, 4) is 90.1 Å². The van der Waals surface area contributed by atoms with Crippen LogP contribution in [0.2, 0.25) is 0 Å². The Hall–Kier alpha value is -14.6. The van der Waals surface area contributed by atoms with Gasteiger partial charge in [0.15, 0.2) is 0 Å². The first-order valence-corrected chi connectivity index (χ1v) is 41.3. The number of aromatic nitrogens is 12. The monoisotopic (exact) mass is 2440 g/mol. The zero-order valence-electron chi connectivity index (χ0n) is 74.7. The minimum Gasteiger partial charge on any atom is -0.499 e. The number of hydrogen-bond donors (Lipinski definition) is 0. The maximum atomic E-state index is 7.51. The molecule has 0 aliphatic carbocycles. The second kappa shape index (κ2) is 47.3. The second-order valence-electron chi connectivity index (χ2n) is 29.1. The zero-order chi connectivity index (χ0) is 90.4. The number of benzene rings is 8. The third-order valence-corrected chi connectivity index (χ3v) is 20.1. The van der Waals surface area contributed by atoms with E-state index in [4.69, 9.17) is 21.8 Å². The SMILES string of the molecule is Cc1ccc(-c2[c-]cccc2)nc1.Cc1ccc(-c2[c-]cccc2)nc1.Cc1ccc2oc3c(-c4ccccn4)[c-]ccc3c2n1.Cc1ccc2oc3c(-c4ccccn4)[c-]ccc3c2n1.[2H]C([2H])([2H])c1ccc2oc3c(-c4ccccn4)[c-]ccc3c2n1.[Ir].[Ir].[Ir].[Ir].[c-]1ccc2c(oc3cccnc32)c1-c1ccccn1.[c-]1ccccc1-c1ccccn1.[c-]1ccccc1-c1ccccn1. The van der Waals surface area contributed by atoms with E-state index in [9.17, 15) is 0 Å². The van der Waals surface area contributed by atoms with E-state index in [1.165, 1.54) is 17.2 Å². The first-order chi connectivity index (χ1) is 64.8. The first kappa shape index (κ1) is 91.7. The number of furan rings is 4. The molecule has 16 aromatic heterocycles. The van der Waals surface area contributed by atoms with Gasteiger partial charge in [-0.15, -0.1) is 216 Å². The van der Waals surface area contributed by atoms with Crippen LogP contribution in [-0.2, 0) is 80.4 Å². The van der Waals surface area contributed by atoms with E-state index in [1.54, 1.807) is 55.5 Å². The summed E-state index contributed by atoms with van der Waals surface area (Å²) in [5, 5.41) is 3.76. The van der Waals surface area contributed by atoms with Crippen LogP contribution in [0.25, 0.3) is 178 Å². The van der Waals surface area contributed by atoms with Crippen molar-refractivity contribution in [3.05, 3.63) is 460 Å². The molecule has 0 amide bonds. The Kier molecular flexibility index (Phi) is 32.6. The van der Waals surface area contributed by atoms with Crippen molar-refractivity contribution in [3.63, 3.8) is 0 Å². The van der Waals surface area contributed by atoms with Crippen molar-refractivity contribution >= 4 is 88.3 Å². The molecule has 658 valence electrons. The van der Waals surface area contributed by atoms with E-state index >= 15 is 0 Å². The molecule has 0 unspecified atom stereocenters. The number of nitrogens with zero attached hydrogens (tertiary/aromatic N) is 12. The van der Waals surface area contributed by atoms with Gasteiger partial charge in [0.25, 0.3) is 0 Å². The molecule has 16 heterocycles. The van der Waals surface area contributed by atoms with Crippen molar-refractivity contribution < 1.29 is 102 Å². The van der Waals surface area contributed by atoms with Crippen LogP contribution >= 0.6 is 0 Å². The third-order valence-electron chi connectivity index (χ3n) is 20.1. The van der Waals surface area contributed by atoms with Gasteiger partial charge in [0, 0.05) is 157 Å². The fourth-order valence-corrected chi connectivity index (χ4v) is 13.9. The summed E-state index contributed by atoms with van der Waals surface area (Å²) in [5.41, 5.74) is 28.2. The Morgan fingerprint density at radius 1 is 0.218 bits per heavy atom. The molecule has 133 heavy (non-hydrogen) atoms. The Morgan fingerprint density at radius 2 is 0.489 bits per heavy atom. The van der Waals surface area contributed by atoms with E-state index in [2.05, 4.69) is 120 Å². The second-order valence-corrected chi connectivity index (χ2v) is 29.1. The predicted octanol–water partition coefficient (Wildman–Crippen LogP) is 27.1. The van der Waals surface area contributed by atoms with Crippen molar-refractivity contribution in [2.45, 2.75) is 34.5 Å². The Balaban J connectivity index is 0.000000132. The van der Waals surface area contributed by atoms with Crippen LogP contribution in [0, 0.1) is 83.1 Å². The summed E-state index contributed by atoms with van der Waals surface area (Å²) < 4.78 is 46.2. The molecular weight excluding hydrogens is 2360 g/mol. The molecule has 20 heteroatoms. The minimum absolute atomic E-state index is 0. The topological polar surface area (TPSA) is 207 Å². The number of fused-ring (bicyclic) bond motifs is 12. The number of pyridine rings is 12. The van der Waals surface area contributed by atoms with Crippen LogP contribution in [0.1, 0.15) is 32.3 Å². The van der Waals surface area contributed by atoms with Gasteiger partial charge in [-0.2, -0.15) is 0 Å². The summed E-state index contributed by atoms with van der Waals surface area (Å²) >= 11 is 0. The number of rotatable bonds is 8. The van der Waals surface area contributed by atoms with Crippen molar-refractivity contribution in [2.75, 3.05) is 0 Å². The van der Waals surface area contributed by atoms with Crippen molar-refractivity contribution in [1.82, 2.24) is 59.8 Å². The Bertz CT molecular complexity index is 7510. The molecule has 0 aliphatic rings. The summed E-state index contributed by atoms with van der Waals surface area (Å²) in [6, 6.07) is 130. The average Bonchev–Trinajstić information content (AvgIpc) is 1.70. The van der Waals surface area contributed by atoms with Gasteiger partial charge in [-0.25, -0.2) is 0 Å². The molecule has 24 aromatic rings. The number of aryl methyl sites for hydroxylation is 5. The predicted molar refractivity (Wildman–Crippen MR) is 512 cm³/mol. The van der Waals surface area contributed by atoms with Gasteiger partial charge >= 0.3 is 0 Å². The van der Waals surface area contributed by atoms with E-state index in [0.717, 1.165) is 173 Å². The van der Waals surface area contributed by atoms with Crippen LogP contribution in [0.5, 0.6) is 0 Å². The quantitative estimate of drug-likeness (QED) is 0.130. The maximum Gasteiger partial charge on any atom is 0.139 e. The van der Waals surface area contributed by atoms with E-state index < -0.39 is 6.85 Å². The molecular formula is C113H78Ir4N12O4-8. The average molecular weight is 2440 g/mol. The van der Waals surface area contributed by atoms with E-state index in [-0.39, 0.29) is 86.1 Å². The summed E-state index contributed by atoms with van der Waals surface area (Å²) in [4.78, 5) is 52.3. The molecule has 0 bridgehead atoms. The molecule has 8 aromatic carbocycles. The summed E-state index contributed by atoms with van der Waals surface area (Å²) in [6.45, 7) is 5.78. The van der Waals surface area contributed by atoms with Crippen LogP contribution in [-0.4, -0.2) is 59.8 Å². The summed E-state index contributed by atoms with van der Waals surface area (Å²) in [5.74, 6) is 0. The smallest absolute Gasteiger partial charge is 0.139 e. The first-order valence-electron chi connectivity index (χ1n) is 42.8. The Labute approximate surface area is 828 Å². The molecule has 4 radical (unpaired) electrons. The standard InChI is InChI=1S/3C17H11N2O.C16H9N2O.2C12H10N.2C11H8N.4Ir/c3*1-11-8-9-15-16(19-11)13-6-4-5-12(17(13)20-15)14-7-2-3-10-18-14;1-2-9-17-13(7-1)11-5-3-6-12-15-14(19-16(11)12)8-4-10-18-15;2*1-10-7-8-12(13-9-10)11-5-3-2-4-6-11;2*1-2-6-10(7-3-1)11-8-4-5-9-12-11;;;;/h3*2-4,6-10H,1H3;1-4,6-10H;2*2-5,7-9H,1H3;2*1-6,8-9H;;;;/q8*-1;;;;/i1D3;;;;;;;;;;;. The van der Waals surface area contributed by atoms with Gasteiger partial charge in [0.1, 0.15) is 22.3 Å². The van der Waals surface area contributed by atoms with Gasteiger partial charge in [-0.05, 0) is 198 Å².